The van der Waals surface area contributed by atoms with E-state index in [4.69, 9.17) is 4.74 Å². The maximum atomic E-state index is 13.6. The number of anilines is 1. The summed E-state index contributed by atoms with van der Waals surface area (Å²) in [6, 6.07) is 6.54. The minimum atomic E-state index is -0.347. The van der Waals surface area contributed by atoms with Gasteiger partial charge in [0.05, 0.1) is 36.4 Å². The van der Waals surface area contributed by atoms with Crippen LogP contribution in [0.25, 0.3) is 16.9 Å². The molecule has 0 radical (unpaired) electrons. The van der Waals surface area contributed by atoms with Crippen LogP contribution in [0.2, 0.25) is 0 Å². The number of hydrogen-bond acceptors (Lipinski definition) is 6. The van der Waals surface area contributed by atoms with Crippen LogP contribution in [0, 0.1) is 5.82 Å². The second-order valence-corrected chi connectivity index (χ2v) is 8.16. The molecule has 0 atom stereocenters. The highest BCUT2D eigenvalue weighted by Gasteiger charge is 2.27. The van der Waals surface area contributed by atoms with Crippen LogP contribution in [0.1, 0.15) is 22.8 Å². The van der Waals surface area contributed by atoms with Crippen LogP contribution in [-0.4, -0.2) is 53.2 Å². The van der Waals surface area contributed by atoms with E-state index < -0.39 is 0 Å². The number of ether oxygens (including phenoxy) is 1. The highest BCUT2D eigenvalue weighted by Crippen LogP contribution is 2.35. The third-order valence-electron chi connectivity index (χ3n) is 6.14. The monoisotopic (exact) mass is 460 g/mol. The van der Waals surface area contributed by atoms with Crippen LogP contribution in [-0.2, 0) is 11.3 Å². The summed E-state index contributed by atoms with van der Waals surface area (Å²) >= 11 is 0. The highest BCUT2D eigenvalue weighted by molar-refractivity contribution is 6.05. The first-order valence-corrected chi connectivity index (χ1v) is 11.1. The lowest BCUT2D eigenvalue weighted by molar-refractivity contribution is 0.0537. The zero-order valence-electron chi connectivity index (χ0n) is 18.8. The van der Waals surface area contributed by atoms with Gasteiger partial charge in [-0.15, -0.1) is 0 Å². The molecular weight excluding hydrogens is 435 g/mol. The van der Waals surface area contributed by atoms with Gasteiger partial charge in [-0.25, -0.2) is 14.4 Å². The second kappa shape index (κ2) is 9.11. The van der Waals surface area contributed by atoms with E-state index in [1.807, 2.05) is 35.6 Å². The number of aliphatic imine (C=N–C) groups is 1. The van der Waals surface area contributed by atoms with Gasteiger partial charge in [-0.3, -0.25) is 9.20 Å². The fraction of sp³-hybridized carbons (Fsp3) is 0.240. The van der Waals surface area contributed by atoms with Crippen LogP contribution < -0.4 is 10.6 Å². The van der Waals surface area contributed by atoms with Crippen LogP contribution in [0.5, 0.6) is 0 Å². The largest absolute Gasteiger partial charge is 0.378 e. The topological polar surface area (TPSA) is 83.3 Å². The Labute approximate surface area is 196 Å². The van der Waals surface area contributed by atoms with Crippen LogP contribution in [0.3, 0.4) is 0 Å². The van der Waals surface area contributed by atoms with E-state index in [1.54, 1.807) is 12.4 Å². The number of halogens is 1. The normalized spacial score (nSPS) is 16.5. The average Bonchev–Trinajstić information content (AvgIpc) is 3.46. The van der Waals surface area contributed by atoms with Crippen LogP contribution in [0.4, 0.5) is 10.1 Å². The van der Waals surface area contributed by atoms with Crippen molar-refractivity contribution in [1.82, 2.24) is 19.6 Å². The second-order valence-electron chi connectivity index (χ2n) is 8.16. The van der Waals surface area contributed by atoms with Crippen molar-refractivity contribution in [3.63, 3.8) is 0 Å². The molecule has 2 aliphatic rings. The van der Waals surface area contributed by atoms with E-state index in [1.165, 1.54) is 12.1 Å². The zero-order chi connectivity index (χ0) is 23.7. The maximum Gasteiger partial charge on any atom is 0.254 e. The molecule has 0 unspecified atom stereocenters. The van der Waals surface area contributed by atoms with Gasteiger partial charge in [0.25, 0.3) is 5.91 Å². The molecule has 0 saturated carbocycles. The number of nitrogens with zero attached hydrogens (tertiary/aromatic N) is 4. The van der Waals surface area contributed by atoms with Gasteiger partial charge in [-0.1, -0.05) is 6.07 Å². The Balaban J connectivity index is 1.47. The minimum absolute atomic E-state index is 0.164. The molecule has 2 aliphatic heterocycles. The fourth-order valence-electron chi connectivity index (χ4n) is 4.34. The average molecular weight is 461 g/mol. The lowest BCUT2D eigenvalue weighted by Gasteiger charge is -2.29. The van der Waals surface area contributed by atoms with Crippen LogP contribution >= 0.6 is 0 Å². The number of hydrogen-bond donors (Lipinski definition) is 2. The molecule has 0 aliphatic carbocycles. The van der Waals surface area contributed by atoms with E-state index in [-0.39, 0.29) is 11.7 Å². The summed E-state index contributed by atoms with van der Waals surface area (Å²) in [5.74, 6) is 0.0237. The van der Waals surface area contributed by atoms with Gasteiger partial charge in [-0.2, -0.15) is 0 Å². The molecule has 0 spiro atoms. The summed E-state index contributed by atoms with van der Waals surface area (Å²) in [5, 5.41) is 6.15. The number of allylic oxidation sites excluding steroid dienone is 3. The summed E-state index contributed by atoms with van der Waals surface area (Å²) in [4.78, 5) is 23.4. The molecule has 3 aromatic rings. The van der Waals surface area contributed by atoms with E-state index in [0.717, 1.165) is 35.6 Å². The van der Waals surface area contributed by atoms with Crippen molar-refractivity contribution in [2.75, 3.05) is 31.6 Å². The third-order valence-corrected chi connectivity index (χ3v) is 6.14. The quantitative estimate of drug-likeness (QED) is 0.434. The number of rotatable bonds is 6. The molecule has 174 valence electrons. The summed E-state index contributed by atoms with van der Waals surface area (Å²) in [7, 11) is 0. The molecule has 0 bridgehead atoms. The smallest absolute Gasteiger partial charge is 0.254 e. The molecule has 4 heterocycles. The van der Waals surface area contributed by atoms with E-state index in [0.29, 0.717) is 42.5 Å². The summed E-state index contributed by atoms with van der Waals surface area (Å²) in [5.41, 5.74) is 5.31. The first-order chi connectivity index (χ1) is 16.5. The van der Waals surface area contributed by atoms with E-state index in [2.05, 4.69) is 32.2 Å². The van der Waals surface area contributed by atoms with Gasteiger partial charge >= 0.3 is 0 Å². The summed E-state index contributed by atoms with van der Waals surface area (Å²) in [6.07, 6.45) is 7.16. The van der Waals surface area contributed by atoms with Crippen molar-refractivity contribution in [1.29, 1.82) is 0 Å². The van der Waals surface area contributed by atoms with Crippen molar-refractivity contribution in [3.8, 4) is 11.3 Å². The first kappa shape index (κ1) is 21.8. The number of nitrogens with one attached hydrogen (secondary N) is 2. The fourth-order valence-corrected chi connectivity index (χ4v) is 4.34. The number of carbonyl (C=O) groups excluding carboxylic acids is 1. The van der Waals surface area contributed by atoms with Crippen molar-refractivity contribution in [2.24, 2.45) is 4.99 Å². The van der Waals surface area contributed by atoms with Gasteiger partial charge in [0.1, 0.15) is 17.3 Å². The lowest BCUT2D eigenvalue weighted by Crippen LogP contribution is -2.34. The van der Waals surface area contributed by atoms with Gasteiger partial charge in [0.2, 0.25) is 0 Å². The number of fused-ring (bicyclic) bond motifs is 2. The molecule has 9 heteroatoms. The molecular formula is C25H25FN6O2. The summed E-state index contributed by atoms with van der Waals surface area (Å²) in [6.45, 7) is 9.25. The Bertz CT molecular complexity index is 1340. The SMILES string of the molecule is C=N/C(=C\C=C(/C)N1CCOCC1)Nc1ccc(-c2cnc3cc(F)ccn23)c2c1C(=O)NC2. The number of pyridine rings is 1. The van der Waals surface area contributed by atoms with E-state index in [9.17, 15) is 9.18 Å². The van der Waals surface area contributed by atoms with Crippen LogP contribution in [0.15, 0.2) is 65.3 Å². The third kappa shape index (κ3) is 4.06. The lowest BCUT2D eigenvalue weighted by atomic mass is 9.99. The predicted molar refractivity (Wildman–Crippen MR) is 129 cm³/mol. The predicted octanol–water partition coefficient (Wildman–Crippen LogP) is 3.57. The first-order valence-electron chi connectivity index (χ1n) is 11.1. The van der Waals surface area contributed by atoms with Crippen molar-refractivity contribution in [3.05, 3.63) is 77.3 Å². The van der Waals surface area contributed by atoms with Crippen molar-refractivity contribution < 1.29 is 13.9 Å². The Morgan fingerprint density at radius 2 is 2.12 bits per heavy atom. The number of amides is 1. The van der Waals surface area contributed by atoms with Gasteiger partial charge < -0.3 is 20.3 Å². The van der Waals surface area contributed by atoms with Gasteiger partial charge in [0, 0.05) is 43.2 Å². The Hall–Kier alpha value is -3.98. The molecule has 2 N–H and O–H groups in total. The molecule has 1 fully saturated rings. The summed E-state index contributed by atoms with van der Waals surface area (Å²) < 4.78 is 20.8. The highest BCUT2D eigenvalue weighted by atomic mass is 19.1. The molecule has 1 amide bonds. The maximum absolute atomic E-state index is 13.6. The number of benzene rings is 1. The van der Waals surface area contributed by atoms with Gasteiger partial charge in [0.15, 0.2) is 0 Å². The number of aromatic nitrogens is 2. The standard InChI is InChI=1S/C25H25FN6O2/c1-16(31-9-11-34-12-10-31)3-6-22(27-2)30-20-5-4-18(19-14-29-25(33)24(19)20)21-15-28-23-13-17(26)7-8-32(21)23/h3-8,13,15,30H,2,9-12,14H2,1H3,(H,29,33)/b16-3+,22-6+. The molecule has 34 heavy (non-hydrogen) atoms. The number of morpholine rings is 1. The molecule has 1 aromatic carbocycles. The Kier molecular flexibility index (Phi) is 5.85. The van der Waals surface area contributed by atoms with Gasteiger partial charge in [-0.05, 0) is 43.5 Å². The molecule has 2 aromatic heterocycles. The van der Waals surface area contributed by atoms with E-state index >= 15 is 0 Å². The van der Waals surface area contributed by atoms with Crippen molar-refractivity contribution in [2.45, 2.75) is 13.5 Å². The minimum Gasteiger partial charge on any atom is -0.378 e. The Morgan fingerprint density at radius 3 is 2.91 bits per heavy atom. The molecule has 1 saturated heterocycles. The number of carbonyl (C=O) groups is 1. The Morgan fingerprint density at radius 1 is 1.29 bits per heavy atom. The van der Waals surface area contributed by atoms with Crippen molar-refractivity contribution >= 4 is 24.0 Å². The molecule has 5 rings (SSSR count). The zero-order valence-corrected chi connectivity index (χ0v) is 18.8. The molecule has 8 nitrogen and oxygen atoms in total. The number of imidazole rings is 1.